The molecule has 1 amide bonds. The molecule has 0 aliphatic carbocycles. The van der Waals surface area contributed by atoms with Crippen LogP contribution in [0.5, 0.6) is 17.2 Å². The van der Waals surface area contributed by atoms with Crippen LogP contribution in [-0.4, -0.2) is 32.3 Å². The molecule has 0 saturated heterocycles. The molecule has 0 aliphatic rings. The maximum Gasteiger partial charge on any atom is 0.336 e. The van der Waals surface area contributed by atoms with Gasteiger partial charge in [0.15, 0.2) is 11.5 Å². The van der Waals surface area contributed by atoms with Crippen molar-refractivity contribution in [3.8, 4) is 17.2 Å². The zero-order valence-corrected chi connectivity index (χ0v) is 17.6. The second kappa shape index (κ2) is 11.1. The summed E-state index contributed by atoms with van der Waals surface area (Å²) in [4.78, 5) is 24.3. The summed E-state index contributed by atoms with van der Waals surface area (Å²) < 4.78 is 15.7. The molecule has 0 heterocycles. The van der Waals surface area contributed by atoms with E-state index in [1.165, 1.54) is 19.4 Å². The summed E-state index contributed by atoms with van der Waals surface area (Å²) >= 11 is 0. The number of carbonyl (C=O) groups is 2. The summed E-state index contributed by atoms with van der Waals surface area (Å²) in [6.07, 6.45) is 4.48. The fourth-order valence-corrected chi connectivity index (χ4v) is 2.69. The van der Waals surface area contributed by atoms with Crippen molar-refractivity contribution in [1.82, 2.24) is 5.43 Å². The van der Waals surface area contributed by atoms with Crippen molar-refractivity contribution < 1.29 is 23.8 Å². The molecule has 1 N–H and O–H groups in total. The number of nitrogens with zero attached hydrogens (tertiary/aromatic N) is 1. The lowest BCUT2D eigenvalue weighted by molar-refractivity contribution is -0.129. The van der Waals surface area contributed by atoms with Crippen molar-refractivity contribution in [2.75, 3.05) is 14.2 Å². The van der Waals surface area contributed by atoms with E-state index in [0.717, 1.165) is 5.56 Å². The lowest BCUT2D eigenvalue weighted by atomic mass is 10.2. The standard InChI is InChI=1S/C25H22N2O5/c1-30-21-12-10-20(11-13-21)25(29)27-26-17-19-8-14-22(23(16-19)31-2)32-24(28)15-9-18-6-4-3-5-7-18/h3-17H,1-2H3,(H,27,29)/b15-9+,26-17+. The molecule has 0 spiro atoms. The first-order valence-electron chi connectivity index (χ1n) is 9.69. The van der Waals surface area contributed by atoms with E-state index in [9.17, 15) is 9.59 Å². The van der Waals surface area contributed by atoms with E-state index in [0.29, 0.717) is 22.6 Å². The fraction of sp³-hybridized carbons (Fsp3) is 0.0800. The number of nitrogens with one attached hydrogen (secondary N) is 1. The van der Waals surface area contributed by atoms with Gasteiger partial charge in [-0.25, -0.2) is 10.2 Å². The zero-order valence-electron chi connectivity index (χ0n) is 17.6. The highest BCUT2D eigenvalue weighted by atomic mass is 16.6. The molecule has 162 valence electrons. The molecular weight excluding hydrogens is 408 g/mol. The van der Waals surface area contributed by atoms with Gasteiger partial charge in [0, 0.05) is 11.6 Å². The molecule has 3 aromatic carbocycles. The molecule has 0 aromatic heterocycles. The summed E-state index contributed by atoms with van der Waals surface area (Å²) in [5.41, 5.74) is 4.44. The molecular formula is C25H22N2O5. The van der Waals surface area contributed by atoms with E-state index in [1.807, 2.05) is 30.3 Å². The molecule has 0 aliphatic heterocycles. The number of hydrogen-bond donors (Lipinski definition) is 1. The number of esters is 1. The van der Waals surface area contributed by atoms with E-state index < -0.39 is 5.97 Å². The van der Waals surface area contributed by atoms with Crippen LogP contribution in [0.25, 0.3) is 6.08 Å². The van der Waals surface area contributed by atoms with Gasteiger partial charge in [-0.3, -0.25) is 4.79 Å². The first kappa shape index (κ1) is 22.3. The van der Waals surface area contributed by atoms with Gasteiger partial charge in [-0.2, -0.15) is 5.10 Å². The summed E-state index contributed by atoms with van der Waals surface area (Å²) in [5, 5.41) is 3.96. The topological polar surface area (TPSA) is 86.2 Å². The lowest BCUT2D eigenvalue weighted by Gasteiger charge is -2.08. The monoisotopic (exact) mass is 430 g/mol. The predicted molar refractivity (Wildman–Crippen MR) is 122 cm³/mol. The Hall–Kier alpha value is -4.39. The minimum Gasteiger partial charge on any atom is -0.497 e. The first-order chi connectivity index (χ1) is 15.6. The SMILES string of the molecule is COc1ccc(C(=O)N/N=C/c2ccc(OC(=O)/C=C/c3ccccc3)c(OC)c2)cc1. The summed E-state index contributed by atoms with van der Waals surface area (Å²) in [7, 11) is 3.03. The Balaban J connectivity index is 1.60. The largest absolute Gasteiger partial charge is 0.497 e. The molecule has 0 radical (unpaired) electrons. The third-order valence-electron chi connectivity index (χ3n) is 4.34. The molecule has 3 aromatic rings. The van der Waals surface area contributed by atoms with Crippen LogP contribution < -0.4 is 19.6 Å². The Labute approximate surface area is 185 Å². The summed E-state index contributed by atoms with van der Waals surface area (Å²) in [5.74, 6) is 0.409. The molecule has 3 rings (SSSR count). The third kappa shape index (κ3) is 6.30. The van der Waals surface area contributed by atoms with Gasteiger partial charge in [0.05, 0.1) is 20.4 Å². The van der Waals surface area contributed by atoms with Gasteiger partial charge in [-0.05, 0) is 59.7 Å². The van der Waals surface area contributed by atoms with E-state index in [4.69, 9.17) is 14.2 Å². The van der Waals surface area contributed by atoms with E-state index >= 15 is 0 Å². The molecule has 32 heavy (non-hydrogen) atoms. The Kier molecular flexibility index (Phi) is 7.75. The minimum absolute atomic E-state index is 0.273. The normalized spacial score (nSPS) is 10.8. The van der Waals surface area contributed by atoms with Crippen molar-refractivity contribution in [2.24, 2.45) is 5.10 Å². The highest BCUT2D eigenvalue weighted by Crippen LogP contribution is 2.27. The second-order valence-corrected chi connectivity index (χ2v) is 6.50. The molecule has 7 nitrogen and oxygen atoms in total. The molecule has 7 heteroatoms. The third-order valence-corrected chi connectivity index (χ3v) is 4.34. The molecule has 0 saturated carbocycles. The average molecular weight is 430 g/mol. The highest BCUT2D eigenvalue weighted by molar-refractivity contribution is 5.95. The van der Waals surface area contributed by atoms with Crippen LogP contribution in [0.15, 0.2) is 84.0 Å². The van der Waals surface area contributed by atoms with Crippen LogP contribution in [0.3, 0.4) is 0 Å². The van der Waals surface area contributed by atoms with Crippen molar-refractivity contribution in [3.63, 3.8) is 0 Å². The van der Waals surface area contributed by atoms with Crippen molar-refractivity contribution in [2.45, 2.75) is 0 Å². The minimum atomic E-state index is -0.527. The van der Waals surface area contributed by atoms with Gasteiger partial charge in [-0.1, -0.05) is 30.3 Å². The Morgan fingerprint density at radius 3 is 2.28 bits per heavy atom. The fourth-order valence-electron chi connectivity index (χ4n) is 2.69. The number of methoxy groups -OCH3 is 2. The Bertz CT molecular complexity index is 1120. The second-order valence-electron chi connectivity index (χ2n) is 6.50. The van der Waals surface area contributed by atoms with Gasteiger partial charge in [-0.15, -0.1) is 0 Å². The number of rotatable bonds is 8. The lowest BCUT2D eigenvalue weighted by Crippen LogP contribution is -2.17. The van der Waals surface area contributed by atoms with E-state index in [1.54, 1.807) is 55.7 Å². The van der Waals surface area contributed by atoms with Gasteiger partial charge in [0.25, 0.3) is 5.91 Å². The summed E-state index contributed by atoms with van der Waals surface area (Å²) in [6.45, 7) is 0. The molecule has 0 bridgehead atoms. The van der Waals surface area contributed by atoms with Crippen LogP contribution in [0.2, 0.25) is 0 Å². The zero-order chi connectivity index (χ0) is 22.8. The van der Waals surface area contributed by atoms with Crippen LogP contribution in [0, 0.1) is 0 Å². The van der Waals surface area contributed by atoms with Crippen molar-refractivity contribution in [1.29, 1.82) is 0 Å². The number of carbonyl (C=O) groups excluding carboxylic acids is 2. The van der Waals surface area contributed by atoms with Crippen LogP contribution in [0.1, 0.15) is 21.5 Å². The van der Waals surface area contributed by atoms with E-state index in [-0.39, 0.29) is 11.7 Å². The van der Waals surface area contributed by atoms with Crippen LogP contribution >= 0.6 is 0 Å². The van der Waals surface area contributed by atoms with Crippen LogP contribution in [-0.2, 0) is 4.79 Å². The summed E-state index contributed by atoms with van der Waals surface area (Å²) in [6, 6.07) is 21.0. The van der Waals surface area contributed by atoms with Crippen LogP contribution in [0.4, 0.5) is 0 Å². The molecule has 0 fully saturated rings. The highest BCUT2D eigenvalue weighted by Gasteiger charge is 2.09. The maximum atomic E-state index is 12.1. The predicted octanol–water partition coefficient (Wildman–Crippen LogP) is 4.09. The number of ether oxygens (including phenoxy) is 3. The Morgan fingerprint density at radius 1 is 0.844 bits per heavy atom. The number of amides is 1. The number of hydrogen-bond acceptors (Lipinski definition) is 6. The van der Waals surface area contributed by atoms with Gasteiger partial charge < -0.3 is 14.2 Å². The van der Waals surface area contributed by atoms with Crippen molar-refractivity contribution in [3.05, 3.63) is 95.6 Å². The average Bonchev–Trinajstić information content (AvgIpc) is 2.84. The van der Waals surface area contributed by atoms with E-state index in [2.05, 4.69) is 10.5 Å². The Morgan fingerprint density at radius 2 is 1.59 bits per heavy atom. The maximum absolute atomic E-state index is 12.1. The first-order valence-corrected chi connectivity index (χ1v) is 9.69. The number of hydrazone groups is 1. The quantitative estimate of drug-likeness (QED) is 0.191. The molecule has 0 atom stereocenters. The molecule has 0 unspecified atom stereocenters. The van der Waals surface area contributed by atoms with Gasteiger partial charge in [0.1, 0.15) is 5.75 Å². The smallest absolute Gasteiger partial charge is 0.336 e. The van der Waals surface area contributed by atoms with Crippen molar-refractivity contribution >= 4 is 24.2 Å². The van der Waals surface area contributed by atoms with Gasteiger partial charge in [0.2, 0.25) is 0 Å². The van der Waals surface area contributed by atoms with Gasteiger partial charge >= 0.3 is 5.97 Å². The number of benzene rings is 3.